The minimum atomic E-state index is -0.407. The van der Waals surface area contributed by atoms with E-state index in [2.05, 4.69) is 10.6 Å². The maximum Gasteiger partial charge on any atom is 0.328 e. The van der Waals surface area contributed by atoms with Crippen molar-refractivity contribution in [1.29, 1.82) is 0 Å². The summed E-state index contributed by atoms with van der Waals surface area (Å²) >= 11 is 0. The van der Waals surface area contributed by atoms with Gasteiger partial charge in [-0.05, 0) is 56.6 Å². The first-order valence-electron chi connectivity index (χ1n) is 11.1. The molecule has 1 aromatic carbocycles. The van der Waals surface area contributed by atoms with E-state index in [1.165, 1.54) is 4.90 Å². The van der Waals surface area contributed by atoms with Crippen molar-refractivity contribution in [2.75, 3.05) is 44.2 Å². The van der Waals surface area contributed by atoms with Gasteiger partial charge in [0.1, 0.15) is 12.4 Å². The van der Waals surface area contributed by atoms with Crippen LogP contribution in [0.3, 0.4) is 0 Å². The van der Waals surface area contributed by atoms with Gasteiger partial charge in [-0.25, -0.2) is 4.79 Å². The molecule has 32 heavy (non-hydrogen) atoms. The molecular formula is C22H31ClN4O5. The topological polar surface area (TPSA) is 100 Å². The van der Waals surface area contributed by atoms with E-state index in [1.54, 1.807) is 24.3 Å². The van der Waals surface area contributed by atoms with Gasteiger partial charge < -0.3 is 19.7 Å². The molecule has 3 aliphatic rings. The van der Waals surface area contributed by atoms with Gasteiger partial charge in [-0.2, -0.15) is 0 Å². The van der Waals surface area contributed by atoms with Crippen LogP contribution < -0.4 is 20.3 Å². The van der Waals surface area contributed by atoms with Crippen LogP contribution in [0, 0.1) is 0 Å². The molecule has 3 saturated heterocycles. The monoisotopic (exact) mass is 466 g/mol. The Hall–Kier alpha value is -2.36. The summed E-state index contributed by atoms with van der Waals surface area (Å²) in [5.74, 6) is 0.543. The van der Waals surface area contributed by atoms with Crippen molar-refractivity contribution in [3.63, 3.8) is 0 Å². The van der Waals surface area contributed by atoms with Gasteiger partial charge in [-0.15, -0.1) is 12.4 Å². The average Bonchev–Trinajstić information content (AvgIpc) is 2.77. The number of urea groups is 1. The molecule has 9 nitrogen and oxygen atoms in total. The van der Waals surface area contributed by atoms with Crippen LogP contribution >= 0.6 is 12.4 Å². The molecular weight excluding hydrogens is 436 g/mol. The molecule has 3 fully saturated rings. The molecule has 176 valence electrons. The molecule has 0 aromatic heterocycles. The maximum atomic E-state index is 12.5. The summed E-state index contributed by atoms with van der Waals surface area (Å²) in [6.45, 7) is 3.98. The second-order valence-electron chi connectivity index (χ2n) is 8.18. The third kappa shape index (κ3) is 6.34. The van der Waals surface area contributed by atoms with E-state index >= 15 is 0 Å². The lowest BCUT2D eigenvalue weighted by Gasteiger charge is -2.34. The zero-order chi connectivity index (χ0) is 21.6. The molecule has 0 spiro atoms. The van der Waals surface area contributed by atoms with Crippen molar-refractivity contribution >= 4 is 35.9 Å². The standard InChI is InChI=1S/C22H30N4O5.ClH/c27-20-8-12-26(22(29)24-20)16-1-3-17(4-2-16)30-14-13-25-11-7-19(15-21(25)28)31-18-5-9-23-10-6-18;/h1-4,18-19,23H,5-15H2,(H,24,27,29);1H. The zero-order valence-electron chi connectivity index (χ0n) is 18.1. The first kappa shape index (κ1) is 24.3. The van der Waals surface area contributed by atoms with Gasteiger partial charge in [0.15, 0.2) is 0 Å². The first-order valence-corrected chi connectivity index (χ1v) is 11.1. The number of rotatable bonds is 7. The number of anilines is 1. The quantitative estimate of drug-likeness (QED) is 0.634. The molecule has 0 bridgehead atoms. The van der Waals surface area contributed by atoms with Crippen LogP contribution in [0.25, 0.3) is 0 Å². The minimum Gasteiger partial charge on any atom is -0.492 e. The van der Waals surface area contributed by atoms with Crippen molar-refractivity contribution in [3.8, 4) is 5.75 Å². The van der Waals surface area contributed by atoms with Crippen molar-refractivity contribution in [1.82, 2.24) is 15.5 Å². The SMILES string of the molecule is Cl.O=C1CCN(c2ccc(OCCN3CCC(OC4CCNCC4)CC3=O)cc2)C(=O)N1. The normalized spacial score (nSPS) is 22.4. The Labute approximate surface area is 194 Å². The molecule has 1 atom stereocenters. The number of nitrogens with zero attached hydrogens (tertiary/aromatic N) is 2. The molecule has 3 heterocycles. The number of ether oxygens (including phenoxy) is 2. The Bertz CT molecular complexity index is 800. The van der Waals surface area contributed by atoms with Crippen LogP contribution in [-0.4, -0.2) is 74.3 Å². The molecule has 3 aliphatic heterocycles. The highest BCUT2D eigenvalue weighted by Crippen LogP contribution is 2.22. The number of hydrogen-bond donors (Lipinski definition) is 2. The number of halogens is 1. The molecule has 0 aliphatic carbocycles. The minimum absolute atomic E-state index is 0. The zero-order valence-corrected chi connectivity index (χ0v) is 18.9. The lowest BCUT2D eigenvalue weighted by Crippen LogP contribution is -2.49. The van der Waals surface area contributed by atoms with E-state index in [0.29, 0.717) is 44.1 Å². The van der Waals surface area contributed by atoms with Crippen molar-refractivity contribution < 1.29 is 23.9 Å². The summed E-state index contributed by atoms with van der Waals surface area (Å²) < 4.78 is 11.9. The summed E-state index contributed by atoms with van der Waals surface area (Å²) in [7, 11) is 0. The third-order valence-corrected chi connectivity index (χ3v) is 5.98. The number of likely N-dealkylation sites (tertiary alicyclic amines) is 1. The highest BCUT2D eigenvalue weighted by atomic mass is 35.5. The summed E-state index contributed by atoms with van der Waals surface area (Å²) in [5, 5.41) is 5.64. The van der Waals surface area contributed by atoms with Crippen LogP contribution in [0.4, 0.5) is 10.5 Å². The maximum absolute atomic E-state index is 12.5. The largest absolute Gasteiger partial charge is 0.492 e. The molecule has 1 unspecified atom stereocenters. The molecule has 10 heteroatoms. The van der Waals surface area contributed by atoms with Gasteiger partial charge >= 0.3 is 6.03 Å². The average molecular weight is 467 g/mol. The molecule has 0 radical (unpaired) electrons. The van der Waals surface area contributed by atoms with Crippen LogP contribution in [0.2, 0.25) is 0 Å². The van der Waals surface area contributed by atoms with Gasteiger partial charge in [-0.3, -0.25) is 19.8 Å². The number of benzene rings is 1. The number of carbonyl (C=O) groups is 3. The highest BCUT2D eigenvalue weighted by molar-refractivity contribution is 6.05. The van der Waals surface area contributed by atoms with Gasteiger partial charge in [0, 0.05) is 25.2 Å². The van der Waals surface area contributed by atoms with E-state index in [0.717, 1.165) is 32.4 Å². The third-order valence-electron chi connectivity index (χ3n) is 5.98. The van der Waals surface area contributed by atoms with Crippen molar-refractivity contribution in [3.05, 3.63) is 24.3 Å². The summed E-state index contributed by atoms with van der Waals surface area (Å²) in [6.07, 6.45) is 3.93. The lowest BCUT2D eigenvalue weighted by atomic mass is 10.0. The van der Waals surface area contributed by atoms with Gasteiger partial charge in [0.2, 0.25) is 11.8 Å². The second kappa shape index (κ2) is 11.5. The van der Waals surface area contributed by atoms with E-state index in [9.17, 15) is 14.4 Å². The molecule has 1 aromatic rings. The van der Waals surface area contributed by atoms with Gasteiger partial charge in [0.05, 0.1) is 25.2 Å². The lowest BCUT2D eigenvalue weighted by molar-refractivity contribution is -0.142. The first-order chi connectivity index (χ1) is 15.1. The van der Waals surface area contributed by atoms with E-state index < -0.39 is 6.03 Å². The number of piperidine rings is 2. The van der Waals surface area contributed by atoms with Gasteiger partial charge in [-0.1, -0.05) is 0 Å². The second-order valence-corrected chi connectivity index (χ2v) is 8.18. The van der Waals surface area contributed by atoms with Crippen LogP contribution in [0.1, 0.15) is 32.1 Å². The Kier molecular flexibility index (Phi) is 8.72. The Morgan fingerprint density at radius 3 is 2.41 bits per heavy atom. The Balaban J connectivity index is 0.00000289. The van der Waals surface area contributed by atoms with E-state index in [1.807, 2.05) is 4.90 Å². The van der Waals surface area contributed by atoms with Crippen LogP contribution in [0.15, 0.2) is 24.3 Å². The molecule has 0 saturated carbocycles. The fourth-order valence-electron chi connectivity index (χ4n) is 4.21. The van der Waals surface area contributed by atoms with Crippen molar-refractivity contribution in [2.45, 2.75) is 44.3 Å². The predicted octanol–water partition coefficient (Wildman–Crippen LogP) is 1.69. The van der Waals surface area contributed by atoms with E-state index in [-0.39, 0.29) is 42.9 Å². The fourth-order valence-corrected chi connectivity index (χ4v) is 4.21. The summed E-state index contributed by atoms with van der Waals surface area (Å²) in [5.41, 5.74) is 0.711. The Morgan fingerprint density at radius 2 is 1.72 bits per heavy atom. The number of imide groups is 1. The van der Waals surface area contributed by atoms with E-state index in [4.69, 9.17) is 9.47 Å². The molecule has 4 rings (SSSR count). The number of nitrogens with one attached hydrogen (secondary N) is 2. The predicted molar refractivity (Wildman–Crippen MR) is 121 cm³/mol. The number of amides is 4. The smallest absolute Gasteiger partial charge is 0.328 e. The number of hydrogen-bond acceptors (Lipinski definition) is 6. The summed E-state index contributed by atoms with van der Waals surface area (Å²) in [6, 6.07) is 6.76. The van der Waals surface area contributed by atoms with Crippen molar-refractivity contribution in [2.24, 2.45) is 0 Å². The summed E-state index contributed by atoms with van der Waals surface area (Å²) in [4.78, 5) is 39.0. The van der Waals surface area contributed by atoms with Crippen LogP contribution in [0.5, 0.6) is 5.75 Å². The number of carbonyl (C=O) groups excluding carboxylic acids is 3. The fraction of sp³-hybridized carbons (Fsp3) is 0.591. The molecule has 2 N–H and O–H groups in total. The Morgan fingerprint density at radius 1 is 0.969 bits per heavy atom. The highest BCUT2D eigenvalue weighted by Gasteiger charge is 2.29. The molecule has 4 amide bonds. The van der Waals surface area contributed by atoms with Crippen LogP contribution in [-0.2, 0) is 14.3 Å². The van der Waals surface area contributed by atoms with Gasteiger partial charge in [0.25, 0.3) is 0 Å².